The molecular weight excluding hydrogens is 577 g/mol. The van der Waals surface area contributed by atoms with Crippen LogP contribution in [0.3, 0.4) is 0 Å². The summed E-state index contributed by atoms with van der Waals surface area (Å²) in [5, 5.41) is 22.3. The summed E-state index contributed by atoms with van der Waals surface area (Å²) in [4.78, 5) is 0. The Morgan fingerprint density at radius 1 is 0.558 bits per heavy atom. The van der Waals surface area contributed by atoms with Gasteiger partial charge >= 0.3 is 0 Å². The van der Waals surface area contributed by atoms with Gasteiger partial charge in [-0.25, -0.2) is 0 Å². The van der Waals surface area contributed by atoms with E-state index in [1.54, 1.807) is 0 Å². The molecule has 1 heterocycles. The van der Waals surface area contributed by atoms with E-state index in [-0.39, 0.29) is 13.2 Å². The molecule has 1 aliphatic rings. The van der Waals surface area contributed by atoms with Crippen molar-refractivity contribution in [2.75, 3.05) is 13.2 Å². The third kappa shape index (κ3) is 22.8. The van der Waals surface area contributed by atoms with E-state index in [4.69, 9.17) is 38.6 Å². The molecule has 1 saturated heterocycles. The lowest BCUT2D eigenvalue weighted by atomic mass is 10.0. The Morgan fingerprint density at radius 2 is 0.930 bits per heavy atom. The highest BCUT2D eigenvalue weighted by Crippen LogP contribution is 2.21. The zero-order chi connectivity index (χ0) is 31.4. The van der Waals surface area contributed by atoms with Crippen molar-refractivity contribution in [1.82, 2.24) is 0 Å². The molecule has 0 aromatic heterocycles. The van der Waals surface area contributed by atoms with Crippen molar-refractivity contribution in [3.63, 3.8) is 0 Å². The molecule has 0 aromatic rings. The maximum Gasteiger partial charge on any atom is 0.160 e. The van der Waals surface area contributed by atoms with Crippen molar-refractivity contribution in [3.8, 4) is 0 Å². The summed E-state index contributed by atoms with van der Waals surface area (Å²) in [5.41, 5.74) is 0. The number of hydrogen-bond donors (Lipinski definition) is 2. The van der Waals surface area contributed by atoms with E-state index in [2.05, 4.69) is 13.8 Å². The van der Waals surface area contributed by atoms with Gasteiger partial charge in [0.05, 0.1) is 6.61 Å². The van der Waals surface area contributed by atoms with Crippen LogP contribution < -0.4 is 0 Å². The Morgan fingerprint density at radius 3 is 1.35 bits per heavy atom. The Balaban J connectivity index is 2.01. The van der Waals surface area contributed by atoms with E-state index in [1.807, 2.05) is 0 Å². The minimum Gasteiger partial charge on any atom is -0.484 e. The summed E-state index contributed by atoms with van der Waals surface area (Å²) < 4.78 is 17.3. The van der Waals surface area contributed by atoms with Crippen molar-refractivity contribution in [2.24, 2.45) is 0 Å². The summed E-state index contributed by atoms with van der Waals surface area (Å²) >= 11 is 10.8. The van der Waals surface area contributed by atoms with Crippen LogP contribution in [0.2, 0.25) is 0 Å². The molecule has 2 N–H and O–H groups in total. The fraction of sp³-hybridized carbons (Fsp3) is 0.944. The molecule has 43 heavy (non-hydrogen) atoms. The number of aliphatic hydroxyl groups is 2. The molecule has 0 aromatic carbocycles. The molecule has 0 radical (unpaired) electrons. The molecule has 0 amide bonds. The average Bonchev–Trinajstić information content (AvgIpc) is 3.00. The third-order valence-electron chi connectivity index (χ3n) is 8.75. The van der Waals surface area contributed by atoms with Crippen LogP contribution in [-0.2, 0) is 14.2 Å². The largest absolute Gasteiger partial charge is 0.484 e. The van der Waals surface area contributed by atoms with Crippen molar-refractivity contribution in [1.29, 1.82) is 0 Å². The van der Waals surface area contributed by atoms with Gasteiger partial charge in [-0.3, -0.25) is 0 Å². The van der Waals surface area contributed by atoms with E-state index >= 15 is 0 Å². The molecule has 0 spiro atoms. The third-order valence-corrected chi connectivity index (χ3v) is 9.37. The molecule has 0 aliphatic carbocycles. The van der Waals surface area contributed by atoms with Gasteiger partial charge in [0.15, 0.2) is 16.2 Å². The summed E-state index contributed by atoms with van der Waals surface area (Å²) in [6, 6.07) is 0. The first-order chi connectivity index (χ1) is 21.0. The fourth-order valence-corrected chi connectivity index (χ4v) is 6.28. The maximum atomic E-state index is 10.6. The van der Waals surface area contributed by atoms with Crippen molar-refractivity contribution in [2.45, 2.75) is 205 Å². The highest BCUT2D eigenvalue weighted by molar-refractivity contribution is 7.80. The second-order valence-corrected chi connectivity index (χ2v) is 13.8. The van der Waals surface area contributed by atoms with Gasteiger partial charge in [0, 0.05) is 12.8 Å². The minimum atomic E-state index is -1.09. The molecule has 0 bridgehead atoms. The second kappa shape index (κ2) is 29.1. The molecule has 0 saturated carbocycles. The standard InChI is InChI=1S/C36H68O5S2/c1-3-5-7-9-11-13-15-17-19-21-23-25-27-33(42)40-29-31-35(37)36(38)32(30-39-31)41-34(43)28-26-24-22-20-18-16-14-12-10-8-6-4-2/h31-32,35-38H,3-30H2,1-2H3/t31-,32+,35-,36-/m1/s1. The fourth-order valence-electron chi connectivity index (χ4n) is 5.80. The highest BCUT2D eigenvalue weighted by Gasteiger charge is 2.40. The smallest absolute Gasteiger partial charge is 0.160 e. The molecule has 1 aliphatic heterocycles. The SMILES string of the molecule is CCCCCCCCCCCCCCC(=S)OC[C@H]1OC[C@H](OC(=S)CCCCCCCCCCCCCC)[C@@H](O)[C@@H]1O. The van der Waals surface area contributed by atoms with Gasteiger partial charge in [0.25, 0.3) is 0 Å². The predicted molar refractivity (Wildman–Crippen MR) is 189 cm³/mol. The summed E-state index contributed by atoms with van der Waals surface area (Å²) in [6.45, 7) is 4.85. The van der Waals surface area contributed by atoms with Crippen LogP contribution in [0.1, 0.15) is 181 Å². The van der Waals surface area contributed by atoms with Gasteiger partial charge in [-0.1, -0.05) is 155 Å². The topological polar surface area (TPSA) is 68.2 Å². The van der Waals surface area contributed by atoms with E-state index < -0.39 is 24.4 Å². The Kier molecular flexibility index (Phi) is 27.5. The van der Waals surface area contributed by atoms with Crippen LogP contribution in [-0.4, -0.2) is 57.9 Å². The van der Waals surface area contributed by atoms with Crippen molar-refractivity contribution < 1.29 is 24.4 Å². The Labute approximate surface area is 276 Å². The molecule has 7 heteroatoms. The molecule has 1 rings (SSSR count). The number of ether oxygens (including phenoxy) is 3. The van der Waals surface area contributed by atoms with Crippen LogP contribution in [0, 0.1) is 0 Å². The Hall–Kier alpha value is -0.340. The number of rotatable bonds is 29. The van der Waals surface area contributed by atoms with Gasteiger partial charge < -0.3 is 24.4 Å². The van der Waals surface area contributed by atoms with Gasteiger partial charge in [-0.2, -0.15) is 0 Å². The number of aliphatic hydroxyl groups excluding tert-OH is 2. The number of thiocarbonyl (C=S) groups is 2. The van der Waals surface area contributed by atoms with E-state index in [9.17, 15) is 10.2 Å². The van der Waals surface area contributed by atoms with Crippen molar-refractivity contribution in [3.05, 3.63) is 0 Å². The first kappa shape index (κ1) is 40.7. The van der Waals surface area contributed by atoms with Crippen LogP contribution in [0.25, 0.3) is 0 Å². The van der Waals surface area contributed by atoms with E-state index in [0.29, 0.717) is 16.5 Å². The van der Waals surface area contributed by atoms with Crippen molar-refractivity contribution >= 4 is 34.5 Å². The summed E-state index contributed by atoms with van der Waals surface area (Å²) in [5.74, 6) is 0. The summed E-state index contributed by atoms with van der Waals surface area (Å²) in [6.07, 6.45) is 29.3. The Bertz CT molecular complexity index is 660. The minimum absolute atomic E-state index is 0.144. The average molecular weight is 645 g/mol. The van der Waals surface area contributed by atoms with Gasteiger partial charge in [-0.15, -0.1) is 0 Å². The lowest BCUT2D eigenvalue weighted by molar-refractivity contribution is -0.190. The van der Waals surface area contributed by atoms with Crippen LogP contribution >= 0.6 is 24.4 Å². The second-order valence-electron chi connectivity index (χ2n) is 12.8. The number of hydrogen-bond acceptors (Lipinski definition) is 7. The molecular formula is C36H68O5S2. The van der Waals surface area contributed by atoms with E-state index in [1.165, 1.54) is 135 Å². The van der Waals surface area contributed by atoms with Crippen LogP contribution in [0.5, 0.6) is 0 Å². The van der Waals surface area contributed by atoms with Crippen LogP contribution in [0.15, 0.2) is 0 Å². The number of unbranched alkanes of at least 4 members (excludes halogenated alkanes) is 22. The normalized spacial score (nSPS) is 20.3. The van der Waals surface area contributed by atoms with Crippen LogP contribution in [0.4, 0.5) is 0 Å². The molecule has 254 valence electrons. The zero-order valence-electron chi connectivity index (χ0n) is 28.0. The maximum absolute atomic E-state index is 10.6. The van der Waals surface area contributed by atoms with E-state index in [0.717, 1.165) is 25.7 Å². The van der Waals surface area contributed by atoms with Gasteiger partial charge in [0.2, 0.25) is 0 Å². The predicted octanol–water partition coefficient (Wildman–Crippen LogP) is 10.3. The first-order valence-electron chi connectivity index (χ1n) is 18.3. The van der Waals surface area contributed by atoms with Gasteiger partial charge in [-0.05, 0) is 37.3 Å². The molecule has 5 nitrogen and oxygen atoms in total. The summed E-state index contributed by atoms with van der Waals surface area (Å²) in [7, 11) is 0. The monoisotopic (exact) mass is 644 g/mol. The zero-order valence-corrected chi connectivity index (χ0v) is 29.7. The highest BCUT2D eigenvalue weighted by atomic mass is 32.1. The molecule has 0 unspecified atom stereocenters. The quantitative estimate of drug-likeness (QED) is 0.0620. The lowest BCUT2D eigenvalue weighted by Gasteiger charge is -2.37. The lowest BCUT2D eigenvalue weighted by Crippen LogP contribution is -2.55. The molecule has 1 fully saturated rings. The van der Waals surface area contributed by atoms with Gasteiger partial charge in [0.1, 0.15) is 24.9 Å². The first-order valence-corrected chi connectivity index (χ1v) is 19.1. The molecule has 4 atom stereocenters.